The van der Waals surface area contributed by atoms with Crippen molar-refractivity contribution in [3.63, 3.8) is 0 Å². The number of rotatable bonds is 3. The summed E-state index contributed by atoms with van der Waals surface area (Å²) in [6, 6.07) is 5.22. The van der Waals surface area contributed by atoms with Crippen LogP contribution in [-0.2, 0) is 9.53 Å². The largest absolute Gasteiger partial charge is 0.353 e. The van der Waals surface area contributed by atoms with Crippen LogP contribution in [0.25, 0.3) is 0 Å². The number of ether oxygens (including phenoxy) is 1. The van der Waals surface area contributed by atoms with Gasteiger partial charge in [0.15, 0.2) is 0 Å². The molecule has 0 aromatic heterocycles. The fourth-order valence-electron chi connectivity index (χ4n) is 4.98. The van der Waals surface area contributed by atoms with Gasteiger partial charge in [0.25, 0.3) is 5.91 Å². The number of carbonyl (C=O) groups excluding carboxylic acids is 2. The normalized spacial score (nSPS) is 25.0. The van der Waals surface area contributed by atoms with Crippen LogP contribution in [0, 0.1) is 5.82 Å². The second-order valence-corrected chi connectivity index (χ2v) is 8.36. The van der Waals surface area contributed by atoms with Crippen molar-refractivity contribution in [1.82, 2.24) is 10.2 Å². The van der Waals surface area contributed by atoms with Crippen molar-refractivity contribution in [1.29, 1.82) is 0 Å². The maximum absolute atomic E-state index is 13.7. The molecule has 5 nitrogen and oxygen atoms in total. The molecule has 152 valence electrons. The van der Waals surface area contributed by atoms with Crippen LogP contribution >= 0.6 is 0 Å². The van der Waals surface area contributed by atoms with Crippen molar-refractivity contribution >= 4 is 11.8 Å². The summed E-state index contributed by atoms with van der Waals surface area (Å²) in [4.78, 5) is 28.1. The summed E-state index contributed by atoms with van der Waals surface area (Å²) >= 11 is 0. The molecule has 4 rings (SSSR count). The molecular weight excluding hydrogens is 359 g/mol. The van der Waals surface area contributed by atoms with Crippen molar-refractivity contribution in [2.24, 2.45) is 0 Å². The van der Waals surface area contributed by atoms with Crippen molar-refractivity contribution in [2.75, 3.05) is 6.61 Å². The maximum atomic E-state index is 13.7. The van der Waals surface area contributed by atoms with Gasteiger partial charge in [-0.3, -0.25) is 14.5 Å². The van der Waals surface area contributed by atoms with E-state index in [4.69, 9.17) is 4.74 Å². The zero-order valence-corrected chi connectivity index (χ0v) is 16.3. The average Bonchev–Trinajstić information content (AvgIpc) is 3.07. The van der Waals surface area contributed by atoms with Gasteiger partial charge in [-0.25, -0.2) is 4.39 Å². The van der Waals surface area contributed by atoms with Crippen LogP contribution in [0.1, 0.15) is 74.6 Å². The van der Waals surface area contributed by atoms with Gasteiger partial charge in [-0.1, -0.05) is 31.7 Å². The second-order valence-electron chi connectivity index (χ2n) is 8.36. The third kappa shape index (κ3) is 3.79. The topological polar surface area (TPSA) is 58.6 Å². The number of benzene rings is 1. The SMILES string of the molecule is O=C(NC1CCCCC1)[C@@H]1COC2(CCCCC2)N1C(=O)c1cccc(F)c1. The molecule has 1 heterocycles. The van der Waals surface area contributed by atoms with E-state index in [0.29, 0.717) is 0 Å². The molecule has 1 aromatic rings. The number of amides is 2. The standard InChI is InChI=1S/C22H29FN2O3/c23-17-9-7-8-16(14-17)21(27)25-19(15-28-22(25)12-5-2-6-13-22)20(26)24-18-10-3-1-4-11-18/h7-9,14,18-19H,1-6,10-13,15H2,(H,24,26)/t19-/m0/s1. The molecule has 0 radical (unpaired) electrons. The Labute approximate surface area is 165 Å². The fourth-order valence-corrected chi connectivity index (χ4v) is 4.98. The molecule has 0 bridgehead atoms. The number of carbonyl (C=O) groups is 2. The molecule has 1 aromatic carbocycles. The lowest BCUT2D eigenvalue weighted by atomic mass is 9.89. The van der Waals surface area contributed by atoms with E-state index < -0.39 is 17.6 Å². The van der Waals surface area contributed by atoms with Crippen LogP contribution in [0.4, 0.5) is 4.39 Å². The predicted octanol–water partition coefficient (Wildman–Crippen LogP) is 3.78. The Bertz CT molecular complexity index is 726. The van der Waals surface area contributed by atoms with Gasteiger partial charge in [0.2, 0.25) is 5.91 Å². The van der Waals surface area contributed by atoms with Crippen LogP contribution in [0.15, 0.2) is 24.3 Å². The third-order valence-electron chi connectivity index (χ3n) is 6.44. The highest BCUT2D eigenvalue weighted by atomic mass is 19.1. The molecule has 1 spiro atoms. The molecule has 2 aliphatic carbocycles. The number of halogens is 1. The monoisotopic (exact) mass is 388 g/mol. The molecule has 1 aliphatic heterocycles. The molecule has 3 fully saturated rings. The fraction of sp³-hybridized carbons (Fsp3) is 0.636. The van der Waals surface area contributed by atoms with Crippen molar-refractivity contribution in [3.8, 4) is 0 Å². The van der Waals surface area contributed by atoms with Gasteiger partial charge in [0.1, 0.15) is 17.6 Å². The van der Waals surface area contributed by atoms with Gasteiger partial charge in [0.05, 0.1) is 6.61 Å². The van der Waals surface area contributed by atoms with E-state index in [9.17, 15) is 14.0 Å². The van der Waals surface area contributed by atoms with Crippen molar-refractivity contribution in [3.05, 3.63) is 35.6 Å². The average molecular weight is 388 g/mol. The first kappa shape index (κ1) is 19.4. The summed E-state index contributed by atoms with van der Waals surface area (Å²) in [6.07, 6.45) is 9.92. The minimum atomic E-state index is -0.740. The molecule has 28 heavy (non-hydrogen) atoms. The molecule has 2 amide bonds. The summed E-state index contributed by atoms with van der Waals surface area (Å²) in [5, 5.41) is 3.14. The quantitative estimate of drug-likeness (QED) is 0.857. The highest BCUT2D eigenvalue weighted by Crippen LogP contribution is 2.41. The van der Waals surface area contributed by atoms with E-state index in [2.05, 4.69) is 5.32 Å². The summed E-state index contributed by atoms with van der Waals surface area (Å²) in [7, 11) is 0. The van der Waals surface area contributed by atoms with Gasteiger partial charge >= 0.3 is 0 Å². The van der Waals surface area contributed by atoms with E-state index in [1.165, 1.54) is 24.6 Å². The Morgan fingerprint density at radius 1 is 1.07 bits per heavy atom. The molecule has 0 unspecified atom stereocenters. The highest BCUT2D eigenvalue weighted by Gasteiger charge is 2.53. The summed E-state index contributed by atoms with van der Waals surface area (Å²) in [6.45, 7) is 0.208. The lowest BCUT2D eigenvalue weighted by molar-refractivity contribution is -0.128. The summed E-state index contributed by atoms with van der Waals surface area (Å²) in [5.74, 6) is -0.909. The lowest BCUT2D eigenvalue weighted by Crippen LogP contribution is -2.57. The molecule has 1 atom stereocenters. The first-order chi connectivity index (χ1) is 13.6. The zero-order valence-electron chi connectivity index (χ0n) is 16.3. The Hall–Kier alpha value is -1.95. The molecule has 6 heteroatoms. The summed E-state index contributed by atoms with van der Waals surface area (Å²) in [5.41, 5.74) is -0.470. The molecule has 2 saturated carbocycles. The van der Waals surface area contributed by atoms with Crippen LogP contribution in [-0.4, -0.2) is 41.1 Å². The van der Waals surface area contributed by atoms with Crippen LogP contribution in [0.2, 0.25) is 0 Å². The Morgan fingerprint density at radius 3 is 2.50 bits per heavy atom. The lowest BCUT2D eigenvalue weighted by Gasteiger charge is -2.41. The van der Waals surface area contributed by atoms with Gasteiger partial charge in [0, 0.05) is 11.6 Å². The van der Waals surface area contributed by atoms with Crippen molar-refractivity contribution in [2.45, 2.75) is 82.0 Å². The van der Waals surface area contributed by atoms with E-state index in [0.717, 1.165) is 57.8 Å². The minimum absolute atomic E-state index is 0.140. The van der Waals surface area contributed by atoms with Crippen LogP contribution in [0.5, 0.6) is 0 Å². The third-order valence-corrected chi connectivity index (χ3v) is 6.44. The van der Waals surface area contributed by atoms with Gasteiger partial charge < -0.3 is 10.1 Å². The second kappa shape index (κ2) is 8.19. The van der Waals surface area contributed by atoms with E-state index in [-0.39, 0.29) is 30.0 Å². The van der Waals surface area contributed by atoms with Gasteiger partial charge in [-0.2, -0.15) is 0 Å². The van der Waals surface area contributed by atoms with Gasteiger partial charge in [-0.05, 0) is 56.7 Å². The molecule has 3 aliphatic rings. The minimum Gasteiger partial charge on any atom is -0.353 e. The number of nitrogens with one attached hydrogen (secondary N) is 1. The maximum Gasteiger partial charge on any atom is 0.256 e. The van der Waals surface area contributed by atoms with Crippen LogP contribution < -0.4 is 5.32 Å². The highest BCUT2D eigenvalue weighted by molar-refractivity contribution is 5.98. The van der Waals surface area contributed by atoms with Gasteiger partial charge in [-0.15, -0.1) is 0 Å². The van der Waals surface area contributed by atoms with Crippen molar-refractivity contribution < 1.29 is 18.7 Å². The van der Waals surface area contributed by atoms with E-state index >= 15 is 0 Å². The zero-order chi connectivity index (χ0) is 19.6. The Balaban J connectivity index is 1.59. The molecule has 1 N–H and O–H groups in total. The predicted molar refractivity (Wildman–Crippen MR) is 103 cm³/mol. The van der Waals surface area contributed by atoms with E-state index in [1.54, 1.807) is 11.0 Å². The first-order valence-corrected chi connectivity index (χ1v) is 10.6. The summed E-state index contributed by atoms with van der Waals surface area (Å²) < 4.78 is 19.9. The number of nitrogens with zero attached hydrogens (tertiary/aromatic N) is 1. The Kier molecular flexibility index (Phi) is 5.67. The first-order valence-electron chi connectivity index (χ1n) is 10.6. The van der Waals surface area contributed by atoms with Crippen LogP contribution in [0.3, 0.4) is 0 Å². The molecular formula is C22H29FN2O3. The Morgan fingerprint density at radius 2 is 1.79 bits per heavy atom. The number of hydrogen-bond acceptors (Lipinski definition) is 3. The number of hydrogen-bond donors (Lipinski definition) is 1. The molecule has 1 saturated heterocycles. The smallest absolute Gasteiger partial charge is 0.256 e. The van der Waals surface area contributed by atoms with E-state index in [1.807, 2.05) is 0 Å².